The molecule has 1 amide bonds. The first kappa shape index (κ1) is 12.8. The predicted molar refractivity (Wildman–Crippen MR) is 65.9 cm³/mol. The molecule has 2 heterocycles. The highest BCUT2D eigenvalue weighted by molar-refractivity contribution is 5.78. The first-order valence-electron chi connectivity index (χ1n) is 6.54. The molecule has 2 rings (SSSR count). The molecule has 1 N–H and O–H groups in total. The van der Waals surface area contributed by atoms with Gasteiger partial charge in [0, 0.05) is 32.7 Å². The molecule has 5 heteroatoms. The number of hydrogen-bond acceptors (Lipinski definition) is 4. The van der Waals surface area contributed by atoms with E-state index in [0.717, 1.165) is 52.2 Å². The zero-order chi connectivity index (χ0) is 12.1. The van der Waals surface area contributed by atoms with Gasteiger partial charge in [-0.3, -0.25) is 9.69 Å². The minimum Gasteiger partial charge on any atom is -0.374 e. The van der Waals surface area contributed by atoms with Gasteiger partial charge in [0.2, 0.25) is 5.91 Å². The molecule has 0 aromatic carbocycles. The lowest BCUT2D eigenvalue weighted by Crippen LogP contribution is -2.46. The Kier molecular flexibility index (Phi) is 4.76. The van der Waals surface area contributed by atoms with Crippen LogP contribution in [0.3, 0.4) is 0 Å². The lowest BCUT2D eigenvalue weighted by molar-refractivity contribution is -0.131. The maximum Gasteiger partial charge on any atom is 0.236 e. The van der Waals surface area contributed by atoms with Crippen molar-refractivity contribution >= 4 is 5.91 Å². The molecule has 0 spiro atoms. The van der Waals surface area contributed by atoms with Crippen LogP contribution in [-0.4, -0.2) is 74.7 Å². The van der Waals surface area contributed by atoms with Crippen LogP contribution in [0.25, 0.3) is 0 Å². The molecule has 5 nitrogen and oxygen atoms in total. The molecular formula is C12H23N3O2. The van der Waals surface area contributed by atoms with Crippen LogP contribution in [0.2, 0.25) is 0 Å². The van der Waals surface area contributed by atoms with Crippen molar-refractivity contribution in [2.24, 2.45) is 0 Å². The Hall–Kier alpha value is -0.650. The summed E-state index contributed by atoms with van der Waals surface area (Å²) in [6.45, 7) is 5.82. The molecule has 1 atom stereocenters. The average molecular weight is 241 g/mol. The number of nitrogens with zero attached hydrogens (tertiary/aromatic N) is 2. The van der Waals surface area contributed by atoms with E-state index in [1.165, 1.54) is 0 Å². The van der Waals surface area contributed by atoms with Crippen molar-refractivity contribution in [1.82, 2.24) is 15.1 Å². The Morgan fingerprint density at radius 2 is 2.24 bits per heavy atom. The first-order valence-corrected chi connectivity index (χ1v) is 6.54. The fourth-order valence-electron chi connectivity index (χ4n) is 2.45. The first-order chi connectivity index (χ1) is 8.25. The van der Waals surface area contributed by atoms with Crippen molar-refractivity contribution in [2.75, 3.05) is 52.9 Å². The molecule has 0 saturated carbocycles. The fourth-order valence-corrected chi connectivity index (χ4v) is 2.45. The molecule has 0 aromatic rings. The number of hydrogen-bond donors (Lipinski definition) is 1. The molecule has 0 aliphatic carbocycles. The van der Waals surface area contributed by atoms with Gasteiger partial charge in [0.1, 0.15) is 0 Å². The topological polar surface area (TPSA) is 44.8 Å². The zero-order valence-corrected chi connectivity index (χ0v) is 10.7. The number of amides is 1. The minimum absolute atomic E-state index is 0.222. The minimum atomic E-state index is 0.222. The van der Waals surface area contributed by atoms with Crippen LogP contribution in [0.4, 0.5) is 0 Å². The van der Waals surface area contributed by atoms with Crippen molar-refractivity contribution in [3.63, 3.8) is 0 Å². The summed E-state index contributed by atoms with van der Waals surface area (Å²) in [7, 11) is 1.99. The van der Waals surface area contributed by atoms with Crippen LogP contribution in [0.1, 0.15) is 12.8 Å². The van der Waals surface area contributed by atoms with Crippen molar-refractivity contribution in [2.45, 2.75) is 18.9 Å². The van der Waals surface area contributed by atoms with Crippen LogP contribution in [-0.2, 0) is 9.53 Å². The predicted octanol–water partition coefficient (Wildman–Crippen LogP) is -0.471. The van der Waals surface area contributed by atoms with Gasteiger partial charge in [-0.05, 0) is 19.9 Å². The molecule has 17 heavy (non-hydrogen) atoms. The van der Waals surface area contributed by atoms with Gasteiger partial charge in [-0.2, -0.15) is 0 Å². The summed E-state index contributed by atoms with van der Waals surface area (Å²) < 4.78 is 5.63. The van der Waals surface area contributed by atoms with Gasteiger partial charge in [-0.15, -0.1) is 0 Å². The van der Waals surface area contributed by atoms with Crippen LogP contribution in [0.15, 0.2) is 0 Å². The standard InChI is InChI=1S/C12H23N3O2/c1-14(9-11-8-13-4-7-17-11)10-12(16)15-5-2-3-6-15/h11,13H,2-10H2,1H3. The zero-order valence-electron chi connectivity index (χ0n) is 10.7. The van der Waals surface area contributed by atoms with Crippen molar-refractivity contribution in [1.29, 1.82) is 0 Å². The lowest BCUT2D eigenvalue weighted by Gasteiger charge is -2.28. The van der Waals surface area contributed by atoms with Crippen LogP contribution in [0, 0.1) is 0 Å². The van der Waals surface area contributed by atoms with Gasteiger partial charge >= 0.3 is 0 Å². The second-order valence-corrected chi connectivity index (χ2v) is 4.98. The van der Waals surface area contributed by atoms with E-state index in [2.05, 4.69) is 10.2 Å². The molecule has 0 bridgehead atoms. The molecule has 2 saturated heterocycles. The van der Waals surface area contributed by atoms with Crippen LogP contribution < -0.4 is 5.32 Å². The van der Waals surface area contributed by atoms with Gasteiger partial charge in [-0.1, -0.05) is 0 Å². The summed E-state index contributed by atoms with van der Waals surface area (Å²) in [6, 6.07) is 0. The smallest absolute Gasteiger partial charge is 0.236 e. The van der Waals surface area contributed by atoms with Gasteiger partial charge in [0.25, 0.3) is 0 Å². The quantitative estimate of drug-likeness (QED) is 0.723. The number of carbonyl (C=O) groups is 1. The van der Waals surface area contributed by atoms with E-state index >= 15 is 0 Å². The molecular weight excluding hydrogens is 218 g/mol. The monoisotopic (exact) mass is 241 g/mol. The normalized spacial score (nSPS) is 25.5. The molecule has 2 aliphatic heterocycles. The van der Waals surface area contributed by atoms with Crippen LogP contribution in [0.5, 0.6) is 0 Å². The Bertz CT molecular complexity index is 248. The number of likely N-dealkylation sites (tertiary alicyclic amines) is 1. The van der Waals surface area contributed by atoms with E-state index in [4.69, 9.17) is 4.74 Å². The number of rotatable bonds is 4. The molecule has 2 aliphatic rings. The summed E-state index contributed by atoms with van der Waals surface area (Å²) in [4.78, 5) is 16.0. The third-order valence-electron chi connectivity index (χ3n) is 3.38. The SMILES string of the molecule is CN(CC(=O)N1CCCC1)CC1CNCCO1. The Labute approximate surface area is 103 Å². The average Bonchev–Trinajstić information content (AvgIpc) is 2.83. The molecule has 0 aromatic heterocycles. The van der Waals surface area contributed by atoms with Gasteiger partial charge in [-0.25, -0.2) is 0 Å². The number of nitrogens with one attached hydrogen (secondary N) is 1. The summed E-state index contributed by atoms with van der Waals surface area (Å²) in [5.41, 5.74) is 0. The van der Waals surface area contributed by atoms with E-state index in [1.807, 2.05) is 11.9 Å². The van der Waals surface area contributed by atoms with Crippen molar-refractivity contribution < 1.29 is 9.53 Å². The lowest BCUT2D eigenvalue weighted by atomic mass is 10.3. The van der Waals surface area contributed by atoms with Gasteiger partial charge in [0.15, 0.2) is 0 Å². The second kappa shape index (κ2) is 6.33. The number of ether oxygens (including phenoxy) is 1. The Morgan fingerprint density at radius 1 is 1.47 bits per heavy atom. The summed E-state index contributed by atoms with van der Waals surface area (Å²) in [5, 5.41) is 3.30. The van der Waals surface area contributed by atoms with Crippen molar-refractivity contribution in [3.05, 3.63) is 0 Å². The van der Waals surface area contributed by atoms with E-state index < -0.39 is 0 Å². The summed E-state index contributed by atoms with van der Waals surface area (Å²) >= 11 is 0. The Morgan fingerprint density at radius 3 is 2.88 bits per heavy atom. The molecule has 2 fully saturated rings. The number of carbonyl (C=O) groups excluding carboxylic acids is 1. The van der Waals surface area contributed by atoms with E-state index in [-0.39, 0.29) is 12.0 Å². The fraction of sp³-hybridized carbons (Fsp3) is 0.917. The maximum absolute atomic E-state index is 11.9. The summed E-state index contributed by atoms with van der Waals surface area (Å²) in [6.07, 6.45) is 2.54. The molecule has 1 unspecified atom stereocenters. The van der Waals surface area contributed by atoms with E-state index in [0.29, 0.717) is 6.54 Å². The second-order valence-electron chi connectivity index (χ2n) is 4.98. The summed E-state index contributed by atoms with van der Waals surface area (Å²) in [5.74, 6) is 0.258. The van der Waals surface area contributed by atoms with E-state index in [1.54, 1.807) is 0 Å². The maximum atomic E-state index is 11.9. The number of likely N-dealkylation sites (N-methyl/N-ethyl adjacent to an activating group) is 1. The van der Waals surface area contributed by atoms with Crippen molar-refractivity contribution in [3.8, 4) is 0 Å². The third-order valence-corrected chi connectivity index (χ3v) is 3.38. The molecule has 98 valence electrons. The van der Waals surface area contributed by atoms with Gasteiger partial charge < -0.3 is 15.0 Å². The molecule has 0 radical (unpaired) electrons. The number of morpholine rings is 1. The third kappa shape index (κ3) is 3.94. The van der Waals surface area contributed by atoms with Crippen LogP contribution >= 0.6 is 0 Å². The van der Waals surface area contributed by atoms with Gasteiger partial charge in [0.05, 0.1) is 19.3 Å². The Balaban J connectivity index is 1.68. The van der Waals surface area contributed by atoms with E-state index in [9.17, 15) is 4.79 Å². The highest BCUT2D eigenvalue weighted by Crippen LogP contribution is 2.08. The highest BCUT2D eigenvalue weighted by Gasteiger charge is 2.21. The highest BCUT2D eigenvalue weighted by atomic mass is 16.5. The largest absolute Gasteiger partial charge is 0.374 e.